The van der Waals surface area contributed by atoms with Crippen LogP contribution in [-0.4, -0.2) is 66.7 Å². The number of likely N-dealkylation sites (N-methyl/N-ethyl adjacent to an activating group) is 2. The number of hydrogen-bond acceptors (Lipinski definition) is 5. The average Bonchev–Trinajstić information content (AvgIpc) is 2.94. The van der Waals surface area contributed by atoms with Gasteiger partial charge in [-0.1, -0.05) is 19.1 Å². The first-order valence-corrected chi connectivity index (χ1v) is 10.7. The van der Waals surface area contributed by atoms with E-state index in [2.05, 4.69) is 30.1 Å². The van der Waals surface area contributed by atoms with Gasteiger partial charge in [0.05, 0.1) is 18.9 Å². The molecule has 1 aliphatic carbocycles. The van der Waals surface area contributed by atoms with Crippen molar-refractivity contribution in [2.45, 2.75) is 51.2 Å². The number of urea groups is 1. The van der Waals surface area contributed by atoms with Crippen molar-refractivity contribution < 1.29 is 14.3 Å². The van der Waals surface area contributed by atoms with E-state index >= 15 is 0 Å². The second-order valence-electron chi connectivity index (χ2n) is 8.85. The van der Waals surface area contributed by atoms with Crippen LogP contribution < -0.4 is 15.0 Å². The third kappa shape index (κ3) is 3.80. The smallest absolute Gasteiger partial charge is 0.326 e. The van der Waals surface area contributed by atoms with E-state index in [0.29, 0.717) is 12.5 Å². The lowest BCUT2D eigenvalue weighted by molar-refractivity contribution is -0.134. The van der Waals surface area contributed by atoms with Crippen LogP contribution in [0.3, 0.4) is 0 Å². The highest BCUT2D eigenvalue weighted by molar-refractivity contribution is 6.07. The molecule has 2 fully saturated rings. The number of ether oxygens (including phenoxy) is 1. The zero-order valence-electron chi connectivity index (χ0n) is 17.7. The van der Waals surface area contributed by atoms with Crippen molar-refractivity contribution in [3.63, 3.8) is 0 Å². The van der Waals surface area contributed by atoms with Gasteiger partial charge in [-0.2, -0.15) is 0 Å². The second kappa shape index (κ2) is 7.86. The maximum Gasteiger partial charge on any atom is 0.326 e. The predicted molar refractivity (Wildman–Crippen MR) is 112 cm³/mol. The number of benzene rings is 1. The Kier molecular flexibility index (Phi) is 5.42. The molecule has 0 radical (unpaired) electrons. The topological polar surface area (TPSA) is 65.1 Å². The summed E-state index contributed by atoms with van der Waals surface area (Å²) in [7, 11) is 1.94. The van der Waals surface area contributed by atoms with Crippen LogP contribution in [0.5, 0.6) is 5.75 Å². The number of imide groups is 1. The summed E-state index contributed by atoms with van der Waals surface area (Å²) < 4.78 is 6.19. The minimum atomic E-state index is -0.677. The average molecular weight is 401 g/mol. The molecule has 7 nitrogen and oxygen atoms in total. The summed E-state index contributed by atoms with van der Waals surface area (Å²) in [6.45, 7) is 6.98. The highest BCUT2D eigenvalue weighted by Crippen LogP contribution is 2.36. The highest BCUT2D eigenvalue weighted by atomic mass is 16.5. The van der Waals surface area contributed by atoms with E-state index in [1.54, 1.807) is 0 Å². The molecular weight excluding hydrogens is 368 g/mol. The molecule has 2 aliphatic heterocycles. The maximum absolute atomic E-state index is 13.1. The van der Waals surface area contributed by atoms with Crippen molar-refractivity contribution in [1.29, 1.82) is 0 Å². The third-order valence-electron chi connectivity index (χ3n) is 6.58. The van der Waals surface area contributed by atoms with E-state index in [-0.39, 0.29) is 24.7 Å². The first-order chi connectivity index (χ1) is 13.9. The van der Waals surface area contributed by atoms with Gasteiger partial charge in [0.2, 0.25) is 0 Å². The largest absolute Gasteiger partial charge is 0.485 e. The fraction of sp³-hybridized carbons (Fsp3) is 0.636. The van der Waals surface area contributed by atoms with Crippen LogP contribution in [0.4, 0.5) is 10.5 Å². The number of para-hydroxylation sites is 2. The zero-order valence-corrected chi connectivity index (χ0v) is 17.7. The van der Waals surface area contributed by atoms with Gasteiger partial charge in [-0.15, -0.1) is 0 Å². The molecule has 0 unspecified atom stereocenters. The van der Waals surface area contributed by atoms with Crippen LogP contribution in [0.1, 0.15) is 39.5 Å². The minimum absolute atomic E-state index is 0.0138. The van der Waals surface area contributed by atoms with Crippen molar-refractivity contribution in [3.8, 4) is 5.75 Å². The predicted octanol–water partition coefficient (Wildman–Crippen LogP) is 2.66. The highest BCUT2D eigenvalue weighted by Gasteiger charge is 2.52. The van der Waals surface area contributed by atoms with Gasteiger partial charge in [-0.25, -0.2) is 9.69 Å². The molecule has 158 valence electrons. The second-order valence-corrected chi connectivity index (χ2v) is 8.85. The van der Waals surface area contributed by atoms with E-state index in [0.717, 1.165) is 50.2 Å². The van der Waals surface area contributed by atoms with Crippen LogP contribution >= 0.6 is 0 Å². The lowest BCUT2D eigenvalue weighted by Gasteiger charge is -2.37. The number of amides is 3. The Hall–Kier alpha value is -2.28. The molecule has 3 aliphatic rings. The molecular formula is C22H32N4O3. The van der Waals surface area contributed by atoms with Gasteiger partial charge >= 0.3 is 6.03 Å². The van der Waals surface area contributed by atoms with Crippen LogP contribution in [0, 0.1) is 5.92 Å². The number of carbonyl (C=O) groups is 2. The Bertz CT molecular complexity index is 775. The summed E-state index contributed by atoms with van der Waals surface area (Å²) in [5, 5.41) is 3.00. The molecule has 3 amide bonds. The van der Waals surface area contributed by atoms with Gasteiger partial charge < -0.3 is 15.0 Å². The zero-order chi connectivity index (χ0) is 20.6. The molecule has 1 spiro atoms. The number of nitrogens with one attached hydrogen (secondary N) is 1. The lowest BCUT2D eigenvalue weighted by Crippen LogP contribution is -2.51. The van der Waals surface area contributed by atoms with E-state index < -0.39 is 5.54 Å². The van der Waals surface area contributed by atoms with Crippen molar-refractivity contribution in [2.24, 2.45) is 5.92 Å². The van der Waals surface area contributed by atoms with Gasteiger partial charge in [0, 0.05) is 13.1 Å². The van der Waals surface area contributed by atoms with Crippen LogP contribution in [-0.2, 0) is 4.79 Å². The molecule has 1 aromatic rings. The van der Waals surface area contributed by atoms with Gasteiger partial charge in [0.25, 0.3) is 5.91 Å². The van der Waals surface area contributed by atoms with Crippen molar-refractivity contribution in [3.05, 3.63) is 24.3 Å². The van der Waals surface area contributed by atoms with E-state index in [9.17, 15) is 9.59 Å². The number of rotatable bonds is 5. The van der Waals surface area contributed by atoms with E-state index in [4.69, 9.17) is 4.74 Å². The van der Waals surface area contributed by atoms with Gasteiger partial charge in [0.1, 0.15) is 17.4 Å². The summed E-state index contributed by atoms with van der Waals surface area (Å²) >= 11 is 0. The molecule has 2 heterocycles. The molecule has 0 aromatic heterocycles. The standard InChI is InChI=1S/C22H32N4O3/c1-4-25-14-17(29-19-8-6-5-7-18(19)25)13-24(3)15-26-20(27)22(23-21(26)28)11-9-16(2)10-12-22/h5-8,16-17H,4,9-15H2,1-3H3,(H,23,28)/t16?,17-,22?/m1/s1. The number of nitrogens with zero attached hydrogens (tertiary/aromatic N) is 3. The van der Waals surface area contributed by atoms with Crippen molar-refractivity contribution in [2.75, 3.05) is 38.3 Å². The molecule has 1 aromatic carbocycles. The van der Waals surface area contributed by atoms with Gasteiger partial charge in [0.15, 0.2) is 0 Å². The summed E-state index contributed by atoms with van der Waals surface area (Å²) in [6.07, 6.45) is 3.44. The number of fused-ring (bicyclic) bond motifs is 1. The van der Waals surface area contributed by atoms with Crippen LogP contribution in [0.15, 0.2) is 24.3 Å². The SMILES string of the molecule is CCN1C[C@@H](CN(C)CN2C(=O)NC3(CCC(C)CC3)C2=O)Oc2ccccc21. The molecule has 1 N–H and O–H groups in total. The summed E-state index contributed by atoms with van der Waals surface area (Å²) in [4.78, 5) is 31.3. The third-order valence-corrected chi connectivity index (χ3v) is 6.58. The van der Waals surface area contributed by atoms with Gasteiger partial charge in [-0.05, 0) is 57.7 Å². The Labute approximate surface area is 173 Å². The van der Waals surface area contributed by atoms with Gasteiger partial charge in [-0.3, -0.25) is 9.69 Å². The molecule has 1 saturated carbocycles. The van der Waals surface area contributed by atoms with Crippen molar-refractivity contribution >= 4 is 17.6 Å². The fourth-order valence-electron chi connectivity index (χ4n) is 4.82. The first kappa shape index (κ1) is 20.0. The number of anilines is 1. The molecule has 0 bridgehead atoms. The Morgan fingerprint density at radius 2 is 1.97 bits per heavy atom. The summed E-state index contributed by atoms with van der Waals surface area (Å²) in [5.41, 5.74) is 0.445. The first-order valence-electron chi connectivity index (χ1n) is 10.7. The normalized spacial score (nSPS) is 29.2. The Morgan fingerprint density at radius 1 is 1.24 bits per heavy atom. The molecule has 1 atom stereocenters. The maximum atomic E-state index is 13.1. The number of hydrogen-bond donors (Lipinski definition) is 1. The fourth-order valence-corrected chi connectivity index (χ4v) is 4.82. The van der Waals surface area contributed by atoms with Crippen LogP contribution in [0.25, 0.3) is 0 Å². The summed E-state index contributed by atoms with van der Waals surface area (Å²) in [5.74, 6) is 1.45. The molecule has 7 heteroatoms. The number of carbonyl (C=O) groups excluding carboxylic acids is 2. The lowest BCUT2D eigenvalue weighted by atomic mass is 9.77. The Balaban J connectivity index is 1.38. The van der Waals surface area contributed by atoms with E-state index in [1.165, 1.54) is 4.90 Å². The van der Waals surface area contributed by atoms with Crippen molar-refractivity contribution in [1.82, 2.24) is 15.1 Å². The summed E-state index contributed by atoms with van der Waals surface area (Å²) in [6, 6.07) is 7.82. The molecule has 1 saturated heterocycles. The quantitative estimate of drug-likeness (QED) is 0.770. The monoisotopic (exact) mass is 400 g/mol. The molecule has 29 heavy (non-hydrogen) atoms. The minimum Gasteiger partial charge on any atom is -0.485 e. The molecule has 4 rings (SSSR count). The van der Waals surface area contributed by atoms with E-state index in [1.807, 2.05) is 30.1 Å². The Morgan fingerprint density at radius 3 is 2.69 bits per heavy atom. The van der Waals surface area contributed by atoms with Crippen LogP contribution in [0.2, 0.25) is 0 Å².